The zero-order chi connectivity index (χ0) is 21.7. The van der Waals surface area contributed by atoms with Gasteiger partial charge in [0.1, 0.15) is 12.0 Å². The van der Waals surface area contributed by atoms with Crippen LogP contribution in [-0.4, -0.2) is 49.3 Å². The van der Waals surface area contributed by atoms with Gasteiger partial charge in [0.25, 0.3) is 0 Å². The number of methoxy groups -OCH3 is 2. The topological polar surface area (TPSA) is 131 Å². The summed E-state index contributed by atoms with van der Waals surface area (Å²) in [4.78, 5) is 18.9. The van der Waals surface area contributed by atoms with Crippen LogP contribution in [0.2, 0.25) is 0 Å². The quantitative estimate of drug-likeness (QED) is 0.296. The number of fused-ring (bicyclic) bond motifs is 1. The van der Waals surface area contributed by atoms with Crippen LogP contribution in [-0.2, 0) is 6.54 Å². The van der Waals surface area contributed by atoms with E-state index in [1.807, 2.05) is 0 Å². The summed E-state index contributed by atoms with van der Waals surface area (Å²) in [7, 11) is 3.11. The molecule has 0 fully saturated rings. The number of aromatic nitrogens is 6. The number of nitro groups is 1. The van der Waals surface area contributed by atoms with Crippen molar-refractivity contribution in [1.29, 1.82) is 0 Å². The molecule has 3 aromatic rings. The zero-order valence-corrected chi connectivity index (χ0v) is 16.9. The molecule has 0 saturated heterocycles. The molecule has 0 unspecified atom stereocenters. The number of nitrogens with zero attached hydrogens (tertiary/aromatic N) is 7. The van der Waals surface area contributed by atoms with Gasteiger partial charge >= 0.3 is 0 Å². The minimum Gasteiger partial charge on any atom is -0.493 e. The molecule has 0 radical (unpaired) electrons. The number of hydrogen-bond acceptors (Lipinski definition) is 9. The van der Waals surface area contributed by atoms with E-state index in [0.717, 1.165) is 5.57 Å². The maximum Gasteiger partial charge on any atom is 0.239 e. The smallest absolute Gasteiger partial charge is 0.239 e. The first-order valence-electron chi connectivity index (χ1n) is 9.05. The minimum absolute atomic E-state index is 0.114. The minimum atomic E-state index is -0.411. The van der Waals surface area contributed by atoms with Crippen molar-refractivity contribution < 1.29 is 14.4 Å². The highest BCUT2D eigenvalue weighted by atomic mass is 16.6. The van der Waals surface area contributed by atoms with Crippen molar-refractivity contribution >= 4 is 10.9 Å². The molecule has 0 aliphatic rings. The molecule has 0 spiro atoms. The summed E-state index contributed by atoms with van der Waals surface area (Å²) in [6, 6.07) is 3.54. The second-order valence-electron chi connectivity index (χ2n) is 6.50. The number of hydrogen-bond donors (Lipinski definition) is 0. The Labute approximate surface area is 172 Å². The average molecular weight is 411 g/mol. The molecule has 0 atom stereocenters. The Kier molecular flexibility index (Phi) is 6.30. The first-order chi connectivity index (χ1) is 14.4. The summed E-state index contributed by atoms with van der Waals surface area (Å²) in [5.74, 6) is 1.55. The van der Waals surface area contributed by atoms with Crippen LogP contribution in [0.1, 0.15) is 19.8 Å². The molecule has 156 valence electrons. The van der Waals surface area contributed by atoms with Gasteiger partial charge in [-0.3, -0.25) is 10.1 Å². The molecule has 1 aromatic carbocycles. The summed E-state index contributed by atoms with van der Waals surface area (Å²) < 4.78 is 12.3. The van der Waals surface area contributed by atoms with Gasteiger partial charge in [0, 0.05) is 18.4 Å². The standard InChI is InChI=1S/C19H21N7O4/c1-12(6-5-7-13(2)26(27)28)10-25-19(22-23-24-25)18-14-8-16(29-3)17(30-4)9-15(14)20-11-21-18/h7-9,11H,1,5-6,10H2,2-4H3/b13-7+. The Morgan fingerprint density at radius 3 is 2.70 bits per heavy atom. The van der Waals surface area contributed by atoms with Crippen molar-refractivity contribution in [3.05, 3.63) is 52.5 Å². The van der Waals surface area contributed by atoms with E-state index in [4.69, 9.17) is 9.47 Å². The molecule has 3 rings (SSSR count). The van der Waals surface area contributed by atoms with Crippen LogP contribution in [0.15, 0.2) is 42.4 Å². The Morgan fingerprint density at radius 2 is 2.00 bits per heavy atom. The second-order valence-corrected chi connectivity index (χ2v) is 6.50. The number of rotatable bonds is 9. The normalized spacial score (nSPS) is 11.5. The maximum atomic E-state index is 10.7. The molecule has 11 nitrogen and oxygen atoms in total. The van der Waals surface area contributed by atoms with E-state index in [-0.39, 0.29) is 5.70 Å². The summed E-state index contributed by atoms with van der Waals surface area (Å²) in [5.41, 5.74) is 2.14. The molecular weight excluding hydrogens is 390 g/mol. The Bertz CT molecular complexity index is 1120. The molecule has 0 saturated carbocycles. The third-order valence-corrected chi connectivity index (χ3v) is 4.48. The third kappa shape index (κ3) is 4.40. The summed E-state index contributed by atoms with van der Waals surface area (Å²) in [6.45, 7) is 5.85. The molecule has 2 aromatic heterocycles. The van der Waals surface area contributed by atoms with Crippen LogP contribution in [0.4, 0.5) is 0 Å². The zero-order valence-electron chi connectivity index (χ0n) is 16.9. The molecule has 2 heterocycles. The van der Waals surface area contributed by atoms with E-state index < -0.39 is 4.92 Å². The molecule has 0 amide bonds. The van der Waals surface area contributed by atoms with Crippen molar-refractivity contribution in [3.8, 4) is 23.0 Å². The van der Waals surface area contributed by atoms with Gasteiger partial charge in [-0.25, -0.2) is 14.6 Å². The first kappa shape index (κ1) is 20.8. The van der Waals surface area contributed by atoms with E-state index in [1.165, 1.54) is 13.3 Å². The van der Waals surface area contributed by atoms with Gasteiger partial charge in [0.2, 0.25) is 11.5 Å². The van der Waals surface area contributed by atoms with Gasteiger partial charge in [0.15, 0.2) is 11.5 Å². The van der Waals surface area contributed by atoms with Crippen LogP contribution in [0, 0.1) is 10.1 Å². The third-order valence-electron chi connectivity index (χ3n) is 4.48. The Hall–Kier alpha value is -3.89. The lowest BCUT2D eigenvalue weighted by atomic mass is 10.1. The van der Waals surface area contributed by atoms with Crippen molar-refractivity contribution in [3.63, 3.8) is 0 Å². The largest absolute Gasteiger partial charge is 0.493 e. The van der Waals surface area contributed by atoms with Crippen molar-refractivity contribution in [1.82, 2.24) is 30.2 Å². The number of ether oxygens (including phenoxy) is 2. The molecule has 0 bridgehead atoms. The van der Waals surface area contributed by atoms with Crippen molar-refractivity contribution in [2.24, 2.45) is 0 Å². The number of allylic oxidation sites excluding steroid dienone is 3. The Balaban J connectivity index is 1.88. The van der Waals surface area contributed by atoms with Crippen LogP contribution in [0.5, 0.6) is 11.5 Å². The number of tetrazole rings is 1. The van der Waals surface area contributed by atoms with Crippen LogP contribution >= 0.6 is 0 Å². The van der Waals surface area contributed by atoms with Crippen LogP contribution < -0.4 is 9.47 Å². The van der Waals surface area contributed by atoms with Crippen molar-refractivity contribution in [2.45, 2.75) is 26.3 Å². The van der Waals surface area contributed by atoms with Crippen LogP contribution in [0.3, 0.4) is 0 Å². The molecule has 0 aliphatic heterocycles. The summed E-state index contributed by atoms with van der Waals surface area (Å²) >= 11 is 0. The molecular formula is C19H21N7O4. The van der Waals surface area contributed by atoms with Gasteiger partial charge < -0.3 is 9.47 Å². The fourth-order valence-corrected chi connectivity index (χ4v) is 2.89. The van der Waals surface area contributed by atoms with E-state index in [2.05, 4.69) is 32.1 Å². The lowest BCUT2D eigenvalue weighted by molar-refractivity contribution is -0.424. The van der Waals surface area contributed by atoms with Crippen LogP contribution in [0.25, 0.3) is 22.4 Å². The molecule has 0 N–H and O–H groups in total. The monoisotopic (exact) mass is 411 g/mol. The highest BCUT2D eigenvalue weighted by Gasteiger charge is 2.17. The van der Waals surface area contributed by atoms with Gasteiger partial charge in [0.05, 0.1) is 31.2 Å². The van der Waals surface area contributed by atoms with E-state index in [9.17, 15) is 10.1 Å². The van der Waals surface area contributed by atoms with Gasteiger partial charge in [-0.15, -0.1) is 5.10 Å². The van der Waals surface area contributed by atoms with Crippen molar-refractivity contribution in [2.75, 3.05) is 14.2 Å². The number of benzene rings is 1. The van der Waals surface area contributed by atoms with Gasteiger partial charge in [-0.2, -0.15) is 0 Å². The molecule has 30 heavy (non-hydrogen) atoms. The summed E-state index contributed by atoms with van der Waals surface area (Å²) in [6.07, 6.45) is 4.09. The predicted octanol–water partition coefficient (Wildman–Crippen LogP) is 2.82. The predicted molar refractivity (Wildman–Crippen MR) is 109 cm³/mol. The van der Waals surface area contributed by atoms with E-state index in [1.54, 1.807) is 37.1 Å². The fourth-order valence-electron chi connectivity index (χ4n) is 2.89. The van der Waals surface area contributed by atoms with Gasteiger partial charge in [-0.05, 0) is 35.4 Å². The second kappa shape index (κ2) is 9.07. The summed E-state index contributed by atoms with van der Waals surface area (Å²) in [5, 5.41) is 23.3. The van der Waals surface area contributed by atoms with Gasteiger partial charge in [-0.1, -0.05) is 12.2 Å². The lowest BCUT2D eigenvalue weighted by Crippen LogP contribution is -2.06. The lowest BCUT2D eigenvalue weighted by Gasteiger charge is -2.11. The fraction of sp³-hybridized carbons (Fsp3) is 0.316. The highest BCUT2D eigenvalue weighted by molar-refractivity contribution is 5.92. The molecule has 11 heteroatoms. The highest BCUT2D eigenvalue weighted by Crippen LogP contribution is 2.34. The first-order valence-corrected chi connectivity index (χ1v) is 9.05. The maximum absolute atomic E-state index is 10.7. The average Bonchev–Trinajstić information content (AvgIpc) is 3.19. The SMILES string of the molecule is C=C(CC/C=C(\C)[N+](=O)[O-])Cn1nnnc1-c1ncnc2cc(OC)c(OC)cc12. The molecule has 0 aliphatic carbocycles. The van der Waals surface area contributed by atoms with E-state index in [0.29, 0.717) is 53.3 Å². The van der Waals surface area contributed by atoms with E-state index >= 15 is 0 Å². The Morgan fingerprint density at radius 1 is 1.27 bits per heavy atom.